The Labute approximate surface area is 204 Å². The molecule has 1 heterocycles. The quantitative estimate of drug-likeness (QED) is 0.0796. The first kappa shape index (κ1) is 29.9. The molecule has 2 fully saturated rings. The van der Waals surface area contributed by atoms with Gasteiger partial charge in [0.05, 0.1) is 12.1 Å². The highest BCUT2D eigenvalue weighted by atomic mass is 32.2. The molecule has 3 atom stereocenters. The number of nitrogens with two attached hydrogens (primary N) is 1. The van der Waals surface area contributed by atoms with E-state index in [-0.39, 0.29) is 29.9 Å². The lowest BCUT2D eigenvalue weighted by Gasteiger charge is -2.41. The van der Waals surface area contributed by atoms with Crippen molar-refractivity contribution < 1.29 is 27.7 Å². The van der Waals surface area contributed by atoms with Crippen molar-refractivity contribution in [3.63, 3.8) is 0 Å². The van der Waals surface area contributed by atoms with Crippen molar-refractivity contribution in [1.82, 2.24) is 20.4 Å². The fraction of sp³-hybridized carbons (Fsp3) is 0.810. The number of nitrogens with zero attached hydrogens (tertiary/aromatic N) is 2. The van der Waals surface area contributed by atoms with E-state index in [2.05, 4.69) is 10.6 Å². The lowest BCUT2D eigenvalue weighted by molar-refractivity contribution is -0.149. The third kappa shape index (κ3) is 9.65. The fourth-order valence-electron chi connectivity index (χ4n) is 4.61. The Morgan fingerprint density at radius 2 is 1.85 bits per heavy atom. The summed E-state index contributed by atoms with van der Waals surface area (Å²) in [6.07, 6.45) is 8.51. The number of likely N-dealkylation sites (N-methyl/N-ethyl adjacent to an activating group) is 1. The van der Waals surface area contributed by atoms with Crippen LogP contribution in [0, 0.1) is 5.41 Å². The number of likely N-dealkylation sites (tertiary alicyclic amines) is 1. The maximum Gasteiger partial charge on any atom is 0.299 e. The molecule has 2 rings (SSSR count). The van der Waals surface area contributed by atoms with Crippen LogP contribution in [0.5, 0.6) is 0 Å². The number of hydrogen-bond acceptors (Lipinski definition) is 6. The van der Waals surface area contributed by atoms with Crippen molar-refractivity contribution in [3.05, 3.63) is 0 Å². The molecule has 0 spiro atoms. The topological polar surface area (TPSA) is 189 Å². The van der Waals surface area contributed by atoms with Gasteiger partial charge in [-0.3, -0.25) is 24.1 Å². The predicted molar refractivity (Wildman–Crippen MR) is 129 cm³/mol. The molecule has 0 aromatic heterocycles. The van der Waals surface area contributed by atoms with Crippen LogP contribution in [0.2, 0.25) is 0 Å². The minimum absolute atomic E-state index is 0.0430. The minimum atomic E-state index is -2.61. The largest absolute Gasteiger partial charge is 0.370 e. The van der Waals surface area contributed by atoms with Crippen molar-refractivity contribution in [2.75, 3.05) is 20.1 Å². The van der Waals surface area contributed by atoms with Crippen LogP contribution in [0.3, 0.4) is 0 Å². The molecule has 196 valence electrons. The maximum absolute atomic E-state index is 13.7. The van der Waals surface area contributed by atoms with Gasteiger partial charge in [0.2, 0.25) is 11.8 Å². The SMILES string of the molecule is CN[C@@H](C)C(=O)N1CCC[C@H]1C(=O)N(C1CCCCC1)[C@H](C=O)CCCNC(=N)N.O=S(O)O. The molecule has 13 heteroatoms. The Morgan fingerprint density at radius 3 is 2.38 bits per heavy atom. The van der Waals surface area contributed by atoms with Crippen LogP contribution >= 0.6 is 0 Å². The smallest absolute Gasteiger partial charge is 0.299 e. The number of nitrogens with one attached hydrogen (secondary N) is 3. The molecule has 1 aliphatic carbocycles. The predicted octanol–water partition coefficient (Wildman–Crippen LogP) is 0.258. The third-order valence-corrected chi connectivity index (χ3v) is 6.35. The van der Waals surface area contributed by atoms with E-state index in [0.29, 0.717) is 32.4 Å². The molecule has 7 N–H and O–H groups in total. The summed E-state index contributed by atoms with van der Waals surface area (Å²) in [5, 5.41) is 13.0. The van der Waals surface area contributed by atoms with Gasteiger partial charge < -0.3 is 31.0 Å². The Balaban J connectivity index is 0.00000133. The number of carbonyl (C=O) groups is 3. The summed E-state index contributed by atoms with van der Waals surface area (Å²) in [7, 11) is 1.74. The molecule has 34 heavy (non-hydrogen) atoms. The molecule has 0 radical (unpaired) electrons. The molecule has 2 amide bonds. The van der Waals surface area contributed by atoms with E-state index in [1.807, 2.05) is 0 Å². The van der Waals surface area contributed by atoms with Crippen LogP contribution in [0.1, 0.15) is 64.7 Å². The van der Waals surface area contributed by atoms with E-state index >= 15 is 0 Å². The summed E-state index contributed by atoms with van der Waals surface area (Å²) < 4.78 is 22.8. The number of hydrogen-bond donors (Lipinski definition) is 6. The van der Waals surface area contributed by atoms with E-state index < -0.39 is 23.4 Å². The van der Waals surface area contributed by atoms with Gasteiger partial charge in [-0.15, -0.1) is 0 Å². The van der Waals surface area contributed by atoms with Crippen LogP contribution in [0.15, 0.2) is 0 Å². The maximum atomic E-state index is 13.7. The van der Waals surface area contributed by atoms with E-state index in [4.69, 9.17) is 24.5 Å². The van der Waals surface area contributed by atoms with Gasteiger partial charge in [-0.25, -0.2) is 0 Å². The summed E-state index contributed by atoms with van der Waals surface area (Å²) in [5.41, 5.74) is 5.32. The highest BCUT2D eigenvalue weighted by molar-refractivity contribution is 7.73. The summed E-state index contributed by atoms with van der Waals surface area (Å²) >= 11 is -2.61. The highest BCUT2D eigenvalue weighted by Crippen LogP contribution is 2.29. The van der Waals surface area contributed by atoms with Crippen LogP contribution in [0.25, 0.3) is 0 Å². The molecule has 0 aromatic carbocycles. The molecular weight excluding hydrogens is 464 g/mol. The van der Waals surface area contributed by atoms with Crippen LogP contribution < -0.4 is 16.4 Å². The highest BCUT2D eigenvalue weighted by Gasteiger charge is 2.41. The second-order valence-corrected chi connectivity index (χ2v) is 9.12. The Hall–Kier alpha value is -2.09. The van der Waals surface area contributed by atoms with Gasteiger partial charge in [0.15, 0.2) is 5.96 Å². The molecule has 0 unspecified atom stereocenters. The number of carbonyl (C=O) groups excluding carboxylic acids is 3. The first-order valence-corrected chi connectivity index (χ1v) is 12.8. The monoisotopic (exact) mass is 504 g/mol. The van der Waals surface area contributed by atoms with Gasteiger partial charge in [0, 0.05) is 19.1 Å². The lowest BCUT2D eigenvalue weighted by atomic mass is 9.91. The zero-order valence-electron chi connectivity index (χ0n) is 20.1. The van der Waals surface area contributed by atoms with Crippen molar-refractivity contribution in [1.29, 1.82) is 5.41 Å². The van der Waals surface area contributed by atoms with Crippen molar-refractivity contribution in [2.24, 2.45) is 5.73 Å². The first-order valence-electron chi connectivity index (χ1n) is 11.8. The van der Waals surface area contributed by atoms with Gasteiger partial charge in [-0.1, -0.05) is 19.3 Å². The molecule has 2 aliphatic rings. The van der Waals surface area contributed by atoms with Gasteiger partial charge in [0.1, 0.15) is 12.3 Å². The molecule has 0 bridgehead atoms. The van der Waals surface area contributed by atoms with Crippen molar-refractivity contribution in [2.45, 2.75) is 88.9 Å². The fourth-order valence-corrected chi connectivity index (χ4v) is 4.61. The minimum Gasteiger partial charge on any atom is -0.370 e. The molecular formula is C21H40N6O6S. The van der Waals surface area contributed by atoms with E-state index in [9.17, 15) is 14.4 Å². The Morgan fingerprint density at radius 1 is 1.24 bits per heavy atom. The summed E-state index contributed by atoms with van der Waals surface area (Å²) in [6.45, 7) is 2.87. The summed E-state index contributed by atoms with van der Waals surface area (Å²) in [4.78, 5) is 42.0. The van der Waals surface area contributed by atoms with E-state index in [0.717, 1.165) is 44.8 Å². The van der Waals surface area contributed by atoms with Crippen molar-refractivity contribution in [3.8, 4) is 0 Å². The van der Waals surface area contributed by atoms with Gasteiger partial charge in [-0.2, -0.15) is 4.21 Å². The number of amides is 2. The number of aldehydes is 1. The van der Waals surface area contributed by atoms with Crippen molar-refractivity contribution >= 4 is 35.4 Å². The molecule has 1 aliphatic heterocycles. The first-order chi connectivity index (χ1) is 16.1. The van der Waals surface area contributed by atoms with Crippen LogP contribution in [-0.2, 0) is 25.7 Å². The molecule has 12 nitrogen and oxygen atoms in total. The summed E-state index contributed by atoms with van der Waals surface area (Å²) in [5.74, 6) is -0.255. The molecule has 1 saturated carbocycles. The van der Waals surface area contributed by atoms with Crippen LogP contribution in [0.4, 0.5) is 0 Å². The average Bonchev–Trinajstić information content (AvgIpc) is 3.29. The second-order valence-electron chi connectivity index (χ2n) is 8.65. The van der Waals surface area contributed by atoms with E-state index in [1.165, 1.54) is 0 Å². The standard InChI is InChI=1S/C21H38N6O3.H2O3S/c1-15(24-2)19(29)26-13-7-11-18(26)20(30)27(16-8-4-3-5-9-16)17(14-28)10-6-12-25-21(22)23;1-4(2)3/h14-18,24H,3-13H2,1-2H3,(H4,22,23,25);(H2,1,2,3)/t15-,17-,18-;/m0./s1. The van der Waals surface area contributed by atoms with Gasteiger partial charge in [-0.05, 0) is 52.5 Å². The summed E-state index contributed by atoms with van der Waals surface area (Å²) in [6, 6.07) is -1.32. The van der Waals surface area contributed by atoms with Gasteiger partial charge >= 0.3 is 0 Å². The second kappa shape index (κ2) is 15.7. The zero-order chi connectivity index (χ0) is 25.7. The van der Waals surface area contributed by atoms with Crippen LogP contribution in [-0.4, -0.2) is 91.5 Å². The lowest BCUT2D eigenvalue weighted by Crippen LogP contribution is -2.57. The normalized spacial score (nSPS) is 20.1. The number of rotatable bonds is 10. The molecule has 1 saturated heterocycles. The zero-order valence-corrected chi connectivity index (χ0v) is 20.9. The number of guanidine groups is 1. The Kier molecular flexibility index (Phi) is 13.9. The molecule has 0 aromatic rings. The Bertz CT molecular complexity index is 701. The third-order valence-electron chi connectivity index (χ3n) is 6.35. The van der Waals surface area contributed by atoms with E-state index in [1.54, 1.807) is 23.8 Å². The van der Waals surface area contributed by atoms with Gasteiger partial charge in [0.25, 0.3) is 11.4 Å². The average molecular weight is 505 g/mol.